The summed E-state index contributed by atoms with van der Waals surface area (Å²) in [6.45, 7) is 7.24. The van der Waals surface area contributed by atoms with Crippen LogP contribution in [0.4, 0.5) is 4.79 Å². The maximum Gasteiger partial charge on any atom is 0.409 e. The second kappa shape index (κ2) is 6.60. The van der Waals surface area contributed by atoms with E-state index in [1.165, 1.54) is 32.8 Å². The van der Waals surface area contributed by atoms with Crippen LogP contribution in [-0.4, -0.2) is 43.8 Å². The van der Waals surface area contributed by atoms with E-state index in [2.05, 4.69) is 19.2 Å². The quantitative estimate of drug-likeness (QED) is 0.851. The highest BCUT2D eigenvalue weighted by Gasteiger charge is 2.32. The Morgan fingerprint density at radius 2 is 2.11 bits per heavy atom. The molecule has 4 nitrogen and oxygen atoms in total. The molecule has 110 valence electrons. The Hall–Kier alpha value is -0.770. The van der Waals surface area contributed by atoms with Gasteiger partial charge in [0, 0.05) is 19.1 Å². The van der Waals surface area contributed by atoms with Crippen molar-refractivity contribution in [3.8, 4) is 0 Å². The summed E-state index contributed by atoms with van der Waals surface area (Å²) in [5, 5.41) is 3.67. The Labute approximate surface area is 116 Å². The number of likely N-dealkylation sites (tertiary alicyclic amines) is 1. The largest absolute Gasteiger partial charge is 0.453 e. The van der Waals surface area contributed by atoms with Crippen LogP contribution in [0.2, 0.25) is 0 Å². The third-order valence-electron chi connectivity index (χ3n) is 4.78. The first kappa shape index (κ1) is 14.6. The number of amides is 1. The van der Waals surface area contributed by atoms with Gasteiger partial charge < -0.3 is 15.0 Å². The summed E-state index contributed by atoms with van der Waals surface area (Å²) >= 11 is 0. The van der Waals surface area contributed by atoms with Crippen LogP contribution in [-0.2, 0) is 4.74 Å². The minimum atomic E-state index is -0.180. The van der Waals surface area contributed by atoms with Crippen molar-refractivity contribution in [1.29, 1.82) is 0 Å². The molecule has 2 aliphatic rings. The van der Waals surface area contributed by atoms with Crippen LogP contribution in [0.1, 0.15) is 39.5 Å². The molecule has 2 atom stereocenters. The summed E-state index contributed by atoms with van der Waals surface area (Å²) in [4.78, 5) is 13.6. The van der Waals surface area contributed by atoms with Gasteiger partial charge in [0.25, 0.3) is 0 Å². The number of nitrogens with zero attached hydrogens (tertiary/aromatic N) is 1. The van der Waals surface area contributed by atoms with Crippen LogP contribution < -0.4 is 5.32 Å². The topological polar surface area (TPSA) is 41.6 Å². The van der Waals surface area contributed by atoms with Gasteiger partial charge in [-0.3, -0.25) is 0 Å². The molecule has 0 spiro atoms. The van der Waals surface area contributed by atoms with Crippen molar-refractivity contribution < 1.29 is 9.53 Å². The second-order valence-corrected chi connectivity index (χ2v) is 6.52. The Morgan fingerprint density at radius 3 is 2.63 bits per heavy atom. The fourth-order valence-electron chi connectivity index (χ4n) is 3.08. The standard InChI is InChI=1S/C15H28N2O2/c1-11(2)13-7-14(16-8-12-5-4-6-12)10-17(9-13)15(18)19-3/h11-14,16H,4-10H2,1-3H3. The zero-order valence-corrected chi connectivity index (χ0v) is 12.5. The summed E-state index contributed by atoms with van der Waals surface area (Å²) in [7, 11) is 1.47. The Bertz CT molecular complexity index is 303. The number of hydrogen-bond donors (Lipinski definition) is 1. The van der Waals surface area contributed by atoms with E-state index in [1.807, 2.05) is 4.90 Å². The molecule has 2 fully saturated rings. The Morgan fingerprint density at radius 1 is 1.37 bits per heavy atom. The zero-order chi connectivity index (χ0) is 13.8. The average molecular weight is 268 g/mol. The van der Waals surface area contributed by atoms with Crippen LogP contribution in [0, 0.1) is 17.8 Å². The number of carbonyl (C=O) groups excluding carboxylic acids is 1. The molecule has 1 heterocycles. The molecule has 1 N–H and O–H groups in total. The van der Waals surface area contributed by atoms with Crippen LogP contribution >= 0.6 is 0 Å². The van der Waals surface area contributed by atoms with Gasteiger partial charge in [0.15, 0.2) is 0 Å². The van der Waals surface area contributed by atoms with Crippen molar-refractivity contribution >= 4 is 6.09 Å². The first-order valence-electron chi connectivity index (χ1n) is 7.66. The van der Waals surface area contributed by atoms with Crippen molar-refractivity contribution in [2.24, 2.45) is 17.8 Å². The predicted octanol–water partition coefficient (Wildman–Crippen LogP) is 2.49. The summed E-state index contributed by atoms with van der Waals surface area (Å²) in [6.07, 6.45) is 5.13. The number of carbonyl (C=O) groups is 1. The number of nitrogens with one attached hydrogen (secondary N) is 1. The van der Waals surface area contributed by atoms with Gasteiger partial charge in [-0.2, -0.15) is 0 Å². The predicted molar refractivity (Wildman–Crippen MR) is 76.1 cm³/mol. The zero-order valence-electron chi connectivity index (χ0n) is 12.5. The van der Waals surface area contributed by atoms with Crippen molar-refractivity contribution in [2.45, 2.75) is 45.6 Å². The monoisotopic (exact) mass is 268 g/mol. The lowest BCUT2D eigenvalue weighted by molar-refractivity contribution is 0.0792. The van der Waals surface area contributed by atoms with E-state index in [-0.39, 0.29) is 6.09 Å². The second-order valence-electron chi connectivity index (χ2n) is 6.52. The van der Waals surface area contributed by atoms with E-state index in [9.17, 15) is 4.79 Å². The van der Waals surface area contributed by atoms with E-state index >= 15 is 0 Å². The van der Waals surface area contributed by atoms with Gasteiger partial charge in [-0.1, -0.05) is 20.3 Å². The first-order valence-corrected chi connectivity index (χ1v) is 7.66. The van der Waals surface area contributed by atoms with E-state index in [0.717, 1.165) is 25.6 Å². The minimum absolute atomic E-state index is 0.180. The molecule has 4 heteroatoms. The van der Waals surface area contributed by atoms with Gasteiger partial charge in [0.2, 0.25) is 0 Å². The number of piperidine rings is 1. The van der Waals surface area contributed by atoms with Crippen LogP contribution in [0.3, 0.4) is 0 Å². The van der Waals surface area contributed by atoms with E-state index in [1.54, 1.807) is 0 Å². The van der Waals surface area contributed by atoms with Gasteiger partial charge in [-0.25, -0.2) is 4.79 Å². The maximum absolute atomic E-state index is 11.8. The number of hydrogen-bond acceptors (Lipinski definition) is 3. The molecule has 1 aliphatic carbocycles. The van der Waals surface area contributed by atoms with Crippen molar-refractivity contribution in [3.05, 3.63) is 0 Å². The summed E-state index contributed by atoms with van der Waals surface area (Å²) in [5.41, 5.74) is 0. The highest BCUT2D eigenvalue weighted by Crippen LogP contribution is 2.27. The van der Waals surface area contributed by atoms with Gasteiger partial charge in [0.05, 0.1) is 7.11 Å². The Kier molecular flexibility index (Phi) is 5.08. The van der Waals surface area contributed by atoms with Gasteiger partial charge in [-0.05, 0) is 43.6 Å². The van der Waals surface area contributed by atoms with E-state index in [4.69, 9.17) is 4.74 Å². The molecule has 0 aromatic heterocycles. The average Bonchev–Trinajstić information content (AvgIpc) is 2.35. The molecule has 0 radical (unpaired) electrons. The molecule has 0 aromatic carbocycles. The van der Waals surface area contributed by atoms with Gasteiger partial charge in [-0.15, -0.1) is 0 Å². The normalized spacial score (nSPS) is 28.3. The summed E-state index contributed by atoms with van der Waals surface area (Å²) in [6, 6.07) is 0.431. The van der Waals surface area contributed by atoms with Crippen LogP contribution in [0.5, 0.6) is 0 Å². The van der Waals surface area contributed by atoms with Crippen molar-refractivity contribution in [2.75, 3.05) is 26.7 Å². The molecule has 0 aromatic rings. The van der Waals surface area contributed by atoms with Gasteiger partial charge >= 0.3 is 6.09 Å². The van der Waals surface area contributed by atoms with Gasteiger partial charge in [0.1, 0.15) is 0 Å². The fraction of sp³-hybridized carbons (Fsp3) is 0.933. The Balaban J connectivity index is 1.87. The smallest absolute Gasteiger partial charge is 0.409 e. The number of rotatable bonds is 4. The lowest BCUT2D eigenvalue weighted by Gasteiger charge is -2.40. The molecule has 1 amide bonds. The molecule has 1 saturated heterocycles. The molecular weight excluding hydrogens is 240 g/mol. The lowest BCUT2D eigenvalue weighted by Crippen LogP contribution is -2.53. The SMILES string of the molecule is COC(=O)N1CC(NCC2CCC2)CC(C(C)C)C1. The first-order chi connectivity index (χ1) is 9.10. The van der Waals surface area contributed by atoms with Crippen LogP contribution in [0.15, 0.2) is 0 Å². The van der Waals surface area contributed by atoms with E-state index < -0.39 is 0 Å². The molecular formula is C15H28N2O2. The number of ether oxygens (including phenoxy) is 1. The third kappa shape index (κ3) is 3.85. The molecule has 1 aliphatic heterocycles. The molecule has 2 rings (SSSR count). The lowest BCUT2D eigenvalue weighted by atomic mass is 9.83. The summed E-state index contributed by atoms with van der Waals surface area (Å²) in [5.74, 6) is 2.05. The minimum Gasteiger partial charge on any atom is -0.453 e. The number of methoxy groups -OCH3 is 1. The van der Waals surface area contributed by atoms with E-state index in [0.29, 0.717) is 17.9 Å². The van der Waals surface area contributed by atoms with Crippen molar-refractivity contribution in [1.82, 2.24) is 10.2 Å². The summed E-state index contributed by atoms with van der Waals surface area (Å²) < 4.78 is 4.88. The molecule has 2 unspecified atom stereocenters. The maximum atomic E-state index is 11.8. The highest BCUT2D eigenvalue weighted by atomic mass is 16.5. The fourth-order valence-corrected chi connectivity index (χ4v) is 3.08. The molecule has 19 heavy (non-hydrogen) atoms. The highest BCUT2D eigenvalue weighted by molar-refractivity contribution is 5.67. The third-order valence-corrected chi connectivity index (χ3v) is 4.78. The molecule has 1 saturated carbocycles. The van der Waals surface area contributed by atoms with Crippen LogP contribution in [0.25, 0.3) is 0 Å². The van der Waals surface area contributed by atoms with Crippen molar-refractivity contribution in [3.63, 3.8) is 0 Å². The molecule has 0 bridgehead atoms.